The lowest BCUT2D eigenvalue weighted by atomic mass is 10.2. The summed E-state index contributed by atoms with van der Waals surface area (Å²) >= 11 is 1.38. The van der Waals surface area contributed by atoms with Gasteiger partial charge < -0.3 is 15.2 Å². The van der Waals surface area contributed by atoms with Crippen LogP contribution in [0.5, 0.6) is 0 Å². The minimum Gasteiger partial charge on any atom is -0.395 e. The number of carbonyl (C=O) groups is 1. The number of hydrogen-bond acceptors (Lipinski definition) is 4. The summed E-state index contributed by atoms with van der Waals surface area (Å²) in [4.78, 5) is 13.4. The van der Waals surface area contributed by atoms with Crippen LogP contribution in [0.3, 0.4) is 0 Å². The van der Waals surface area contributed by atoms with E-state index in [2.05, 4.69) is 17.2 Å². The molecule has 0 aliphatic heterocycles. The molecule has 0 aliphatic carbocycles. The third kappa shape index (κ3) is 5.43. The highest BCUT2D eigenvalue weighted by atomic mass is 32.1. The summed E-state index contributed by atoms with van der Waals surface area (Å²) in [7, 11) is 1.64. The first kappa shape index (κ1) is 15.7. The number of rotatable bonds is 6. The van der Waals surface area contributed by atoms with Crippen LogP contribution in [0, 0.1) is 18.8 Å². The van der Waals surface area contributed by atoms with Crippen LogP contribution in [0.1, 0.15) is 33.0 Å². The predicted octanol–water partition coefficient (Wildman–Crippen LogP) is 1.56. The predicted molar refractivity (Wildman–Crippen MR) is 76.5 cm³/mol. The van der Waals surface area contributed by atoms with Crippen LogP contribution in [0.15, 0.2) is 6.07 Å². The first-order valence-electron chi connectivity index (χ1n) is 6.16. The molecule has 0 radical (unpaired) electrons. The molecule has 19 heavy (non-hydrogen) atoms. The first-order valence-corrected chi connectivity index (χ1v) is 6.98. The molecule has 1 rings (SSSR count). The Morgan fingerprint density at radius 1 is 1.58 bits per heavy atom. The zero-order valence-electron chi connectivity index (χ0n) is 11.3. The molecule has 0 saturated carbocycles. The Labute approximate surface area is 117 Å². The Morgan fingerprint density at radius 3 is 3.05 bits per heavy atom. The van der Waals surface area contributed by atoms with Crippen molar-refractivity contribution < 1.29 is 14.6 Å². The normalized spacial score (nSPS) is 9.84. The van der Waals surface area contributed by atoms with Crippen molar-refractivity contribution in [2.24, 2.45) is 0 Å². The first-order chi connectivity index (χ1) is 9.19. The Kier molecular flexibility index (Phi) is 7.19. The summed E-state index contributed by atoms with van der Waals surface area (Å²) in [6.45, 7) is 3.24. The molecule has 0 bridgehead atoms. The molecule has 0 unspecified atom stereocenters. The molecule has 2 N–H and O–H groups in total. The number of thiophene rings is 1. The zero-order valence-corrected chi connectivity index (χ0v) is 12.1. The molecule has 0 atom stereocenters. The van der Waals surface area contributed by atoms with Gasteiger partial charge in [0.15, 0.2) is 0 Å². The van der Waals surface area contributed by atoms with Crippen molar-refractivity contribution in [2.45, 2.75) is 19.8 Å². The molecule has 1 aromatic rings. The van der Waals surface area contributed by atoms with Crippen molar-refractivity contribution in [2.75, 3.05) is 26.9 Å². The lowest BCUT2D eigenvalue weighted by Crippen LogP contribution is -2.24. The fraction of sp³-hybridized carbons (Fsp3) is 0.500. The average molecular weight is 281 g/mol. The van der Waals surface area contributed by atoms with Crippen LogP contribution in [-0.4, -0.2) is 37.9 Å². The van der Waals surface area contributed by atoms with E-state index in [-0.39, 0.29) is 12.5 Å². The molecule has 5 heteroatoms. The number of methoxy groups -OCH3 is 1. The second-order valence-corrected chi connectivity index (χ2v) is 5.05. The van der Waals surface area contributed by atoms with Crippen LogP contribution < -0.4 is 5.32 Å². The SMILES string of the molecule is COCCCNC(=O)c1cc(C)c(C#CCCO)s1. The summed E-state index contributed by atoms with van der Waals surface area (Å²) < 4.78 is 4.92. The zero-order chi connectivity index (χ0) is 14.1. The van der Waals surface area contributed by atoms with Gasteiger partial charge in [0.05, 0.1) is 16.4 Å². The van der Waals surface area contributed by atoms with Crippen LogP contribution in [0.2, 0.25) is 0 Å². The number of aryl methyl sites for hydroxylation is 1. The van der Waals surface area contributed by atoms with Gasteiger partial charge in [0, 0.05) is 26.7 Å². The summed E-state index contributed by atoms with van der Waals surface area (Å²) in [6, 6.07) is 1.85. The van der Waals surface area contributed by atoms with Gasteiger partial charge in [-0.15, -0.1) is 11.3 Å². The smallest absolute Gasteiger partial charge is 0.261 e. The Balaban J connectivity index is 2.57. The number of ether oxygens (including phenoxy) is 1. The molecule has 104 valence electrons. The maximum absolute atomic E-state index is 11.9. The van der Waals surface area contributed by atoms with Crippen molar-refractivity contribution in [3.63, 3.8) is 0 Å². The van der Waals surface area contributed by atoms with E-state index >= 15 is 0 Å². The van der Waals surface area contributed by atoms with Crippen LogP contribution in [0.25, 0.3) is 0 Å². The number of hydrogen-bond donors (Lipinski definition) is 2. The highest BCUT2D eigenvalue weighted by Crippen LogP contribution is 2.20. The van der Waals surface area contributed by atoms with Crippen LogP contribution >= 0.6 is 11.3 Å². The van der Waals surface area contributed by atoms with E-state index in [1.807, 2.05) is 13.0 Å². The second-order valence-electron chi connectivity index (χ2n) is 4.00. The standard InChI is InChI=1S/C14H19NO3S/c1-11-10-13(14(17)15-7-5-9-18-2)19-12(11)6-3-4-8-16/h10,16H,4-5,7-9H2,1-2H3,(H,15,17). The third-order valence-electron chi connectivity index (χ3n) is 2.39. The topological polar surface area (TPSA) is 58.6 Å². The maximum atomic E-state index is 11.9. The second kappa shape index (κ2) is 8.70. The summed E-state index contributed by atoms with van der Waals surface area (Å²) in [5, 5.41) is 11.5. The molecular formula is C14H19NO3S. The van der Waals surface area contributed by atoms with Gasteiger partial charge in [0.1, 0.15) is 0 Å². The Bertz CT molecular complexity index is 471. The van der Waals surface area contributed by atoms with Crippen LogP contribution in [-0.2, 0) is 4.74 Å². The summed E-state index contributed by atoms with van der Waals surface area (Å²) in [5.74, 6) is 5.77. The Hall–Kier alpha value is -1.35. The third-order valence-corrected chi connectivity index (χ3v) is 3.54. The molecule has 1 heterocycles. The lowest BCUT2D eigenvalue weighted by molar-refractivity contribution is 0.0952. The van der Waals surface area contributed by atoms with Crippen molar-refractivity contribution in [3.05, 3.63) is 21.4 Å². The van der Waals surface area contributed by atoms with E-state index in [4.69, 9.17) is 9.84 Å². The number of nitrogens with one attached hydrogen (secondary N) is 1. The molecular weight excluding hydrogens is 262 g/mol. The van der Waals surface area contributed by atoms with Gasteiger partial charge in [-0.2, -0.15) is 0 Å². The average Bonchev–Trinajstić information content (AvgIpc) is 2.77. The van der Waals surface area contributed by atoms with E-state index in [0.717, 1.165) is 16.9 Å². The number of aliphatic hydroxyl groups is 1. The van der Waals surface area contributed by atoms with Gasteiger partial charge in [0.2, 0.25) is 0 Å². The van der Waals surface area contributed by atoms with E-state index in [1.165, 1.54) is 11.3 Å². The van der Waals surface area contributed by atoms with E-state index in [9.17, 15) is 4.79 Å². The van der Waals surface area contributed by atoms with E-state index < -0.39 is 0 Å². The largest absolute Gasteiger partial charge is 0.395 e. The van der Waals surface area contributed by atoms with Gasteiger partial charge in [-0.05, 0) is 25.0 Å². The summed E-state index contributed by atoms with van der Waals surface area (Å²) in [5.41, 5.74) is 0.998. The minimum absolute atomic E-state index is 0.0598. The molecule has 0 fully saturated rings. The van der Waals surface area contributed by atoms with Crippen molar-refractivity contribution in [1.82, 2.24) is 5.32 Å². The van der Waals surface area contributed by atoms with Crippen LogP contribution in [0.4, 0.5) is 0 Å². The van der Waals surface area contributed by atoms with Gasteiger partial charge in [0.25, 0.3) is 5.91 Å². The molecule has 4 nitrogen and oxygen atoms in total. The minimum atomic E-state index is -0.0700. The van der Waals surface area contributed by atoms with Gasteiger partial charge in [-0.25, -0.2) is 0 Å². The fourth-order valence-corrected chi connectivity index (χ4v) is 2.39. The highest BCUT2D eigenvalue weighted by Gasteiger charge is 2.10. The van der Waals surface area contributed by atoms with E-state index in [0.29, 0.717) is 24.4 Å². The molecule has 1 amide bonds. The van der Waals surface area contributed by atoms with Gasteiger partial charge in [-0.1, -0.05) is 11.8 Å². The quantitative estimate of drug-likeness (QED) is 0.614. The molecule has 0 aromatic carbocycles. The molecule has 0 aliphatic rings. The van der Waals surface area contributed by atoms with E-state index in [1.54, 1.807) is 7.11 Å². The van der Waals surface area contributed by atoms with Crippen molar-refractivity contribution >= 4 is 17.2 Å². The molecule has 1 aromatic heterocycles. The fourth-order valence-electron chi connectivity index (χ4n) is 1.42. The van der Waals surface area contributed by atoms with Gasteiger partial charge >= 0.3 is 0 Å². The summed E-state index contributed by atoms with van der Waals surface area (Å²) in [6.07, 6.45) is 1.26. The monoisotopic (exact) mass is 281 g/mol. The van der Waals surface area contributed by atoms with Crippen molar-refractivity contribution in [1.29, 1.82) is 0 Å². The number of aliphatic hydroxyl groups excluding tert-OH is 1. The maximum Gasteiger partial charge on any atom is 0.261 e. The molecule has 0 saturated heterocycles. The lowest BCUT2D eigenvalue weighted by Gasteiger charge is -2.02. The Morgan fingerprint density at radius 2 is 2.37 bits per heavy atom. The highest BCUT2D eigenvalue weighted by molar-refractivity contribution is 7.14. The molecule has 0 spiro atoms. The number of carbonyl (C=O) groups excluding carboxylic acids is 1. The van der Waals surface area contributed by atoms with Gasteiger partial charge in [-0.3, -0.25) is 4.79 Å². The van der Waals surface area contributed by atoms with Crippen molar-refractivity contribution in [3.8, 4) is 11.8 Å². The number of amides is 1.